The molecular formula is C11H8ClF4NO4. The highest BCUT2D eigenvalue weighted by Crippen LogP contribution is 2.33. The average molecular weight is 330 g/mol. The molecule has 10 heteroatoms. The highest BCUT2D eigenvalue weighted by Gasteiger charge is 2.49. The lowest BCUT2D eigenvalue weighted by molar-refractivity contribution is -0.163. The molecular weight excluding hydrogens is 322 g/mol. The summed E-state index contributed by atoms with van der Waals surface area (Å²) >= 11 is 5.61. The van der Waals surface area contributed by atoms with Gasteiger partial charge in [-0.15, -0.1) is 0 Å². The molecule has 1 aromatic rings. The van der Waals surface area contributed by atoms with E-state index in [1.807, 2.05) is 0 Å². The molecule has 1 aromatic carbocycles. The van der Waals surface area contributed by atoms with Gasteiger partial charge in [-0.3, -0.25) is 4.79 Å². The van der Waals surface area contributed by atoms with Crippen molar-refractivity contribution in [1.82, 2.24) is 0 Å². The summed E-state index contributed by atoms with van der Waals surface area (Å²) in [6, 6.07) is 1.67. The molecule has 0 aliphatic heterocycles. The number of carbonyl (C=O) groups is 2. The molecule has 0 fully saturated rings. The van der Waals surface area contributed by atoms with Crippen LogP contribution in [0.2, 0.25) is 5.02 Å². The number of carbonyl (C=O) groups excluding carboxylic acids is 1. The SMILES string of the molecule is COc1cc(NC(=O)C(F)(F)C(F)F)c(Cl)cc1C(=O)O. The van der Waals surface area contributed by atoms with Gasteiger partial charge in [-0.1, -0.05) is 11.6 Å². The van der Waals surface area contributed by atoms with Crippen LogP contribution in [0.3, 0.4) is 0 Å². The van der Waals surface area contributed by atoms with E-state index in [0.29, 0.717) is 0 Å². The van der Waals surface area contributed by atoms with E-state index in [2.05, 4.69) is 0 Å². The van der Waals surface area contributed by atoms with Gasteiger partial charge in [0.25, 0.3) is 0 Å². The van der Waals surface area contributed by atoms with Crippen LogP contribution < -0.4 is 10.1 Å². The number of benzene rings is 1. The highest BCUT2D eigenvalue weighted by atomic mass is 35.5. The van der Waals surface area contributed by atoms with E-state index in [9.17, 15) is 27.2 Å². The molecule has 0 spiro atoms. The Morgan fingerprint density at radius 1 is 1.38 bits per heavy atom. The third-order valence-corrected chi connectivity index (χ3v) is 2.66. The zero-order valence-electron chi connectivity index (χ0n) is 10.3. The van der Waals surface area contributed by atoms with Gasteiger partial charge in [-0.05, 0) is 6.07 Å². The first-order valence-electron chi connectivity index (χ1n) is 5.19. The first kappa shape index (κ1) is 17.0. The van der Waals surface area contributed by atoms with Gasteiger partial charge in [-0.2, -0.15) is 8.78 Å². The van der Waals surface area contributed by atoms with Crippen molar-refractivity contribution in [3.8, 4) is 5.75 Å². The minimum Gasteiger partial charge on any atom is -0.496 e. The number of rotatable bonds is 5. The van der Waals surface area contributed by atoms with Crippen molar-refractivity contribution in [2.24, 2.45) is 0 Å². The maximum Gasteiger partial charge on any atom is 0.383 e. The number of hydrogen-bond acceptors (Lipinski definition) is 3. The molecule has 1 amide bonds. The van der Waals surface area contributed by atoms with Crippen molar-refractivity contribution in [1.29, 1.82) is 0 Å². The number of aromatic carboxylic acids is 1. The van der Waals surface area contributed by atoms with Crippen molar-refractivity contribution < 1.29 is 37.0 Å². The summed E-state index contributed by atoms with van der Waals surface area (Å²) in [7, 11) is 1.09. The van der Waals surface area contributed by atoms with Gasteiger partial charge in [0.1, 0.15) is 11.3 Å². The van der Waals surface area contributed by atoms with Gasteiger partial charge < -0.3 is 15.2 Å². The van der Waals surface area contributed by atoms with Crippen LogP contribution in [-0.2, 0) is 4.79 Å². The third kappa shape index (κ3) is 3.54. The first-order chi connectivity index (χ1) is 9.61. The van der Waals surface area contributed by atoms with E-state index in [0.717, 1.165) is 19.2 Å². The maximum absolute atomic E-state index is 12.8. The second-order valence-corrected chi connectivity index (χ2v) is 4.12. The number of ether oxygens (including phenoxy) is 1. The van der Waals surface area contributed by atoms with Crippen molar-refractivity contribution in [2.45, 2.75) is 12.3 Å². The molecule has 0 heterocycles. The van der Waals surface area contributed by atoms with Crippen molar-refractivity contribution in [3.63, 3.8) is 0 Å². The highest BCUT2D eigenvalue weighted by molar-refractivity contribution is 6.34. The summed E-state index contributed by atoms with van der Waals surface area (Å²) < 4.78 is 54.4. The monoisotopic (exact) mass is 329 g/mol. The fraction of sp³-hybridized carbons (Fsp3) is 0.273. The van der Waals surface area contributed by atoms with Crippen LogP contribution in [0.4, 0.5) is 23.2 Å². The van der Waals surface area contributed by atoms with Crippen LogP contribution >= 0.6 is 11.6 Å². The normalized spacial score (nSPS) is 11.4. The van der Waals surface area contributed by atoms with Crippen molar-refractivity contribution in [2.75, 3.05) is 12.4 Å². The second kappa shape index (κ2) is 6.17. The number of amides is 1. The number of carboxylic acid groups (broad SMARTS) is 1. The summed E-state index contributed by atoms with van der Waals surface area (Å²) in [6.45, 7) is 0. The van der Waals surface area contributed by atoms with Crippen molar-refractivity contribution in [3.05, 3.63) is 22.7 Å². The quantitative estimate of drug-likeness (QED) is 0.814. The Morgan fingerprint density at radius 3 is 2.38 bits per heavy atom. The van der Waals surface area contributed by atoms with E-state index in [1.54, 1.807) is 0 Å². The molecule has 5 nitrogen and oxygen atoms in total. The molecule has 0 aromatic heterocycles. The summed E-state index contributed by atoms with van der Waals surface area (Å²) in [4.78, 5) is 22.0. The second-order valence-electron chi connectivity index (χ2n) is 3.72. The van der Waals surface area contributed by atoms with Gasteiger partial charge in [0, 0.05) is 6.07 Å². The first-order valence-corrected chi connectivity index (χ1v) is 5.57. The van der Waals surface area contributed by atoms with Gasteiger partial charge in [0.05, 0.1) is 17.8 Å². The average Bonchev–Trinajstić information content (AvgIpc) is 2.39. The van der Waals surface area contributed by atoms with E-state index < -0.39 is 34.9 Å². The molecule has 0 aliphatic carbocycles. The molecule has 0 aliphatic rings. The maximum atomic E-state index is 12.8. The Labute approximate surface area is 120 Å². The van der Waals surface area contributed by atoms with Crippen LogP contribution in [-0.4, -0.2) is 36.4 Å². The Hall–Kier alpha value is -2.03. The Morgan fingerprint density at radius 2 is 1.95 bits per heavy atom. The van der Waals surface area contributed by atoms with Crippen molar-refractivity contribution >= 4 is 29.2 Å². The molecule has 0 saturated heterocycles. The van der Waals surface area contributed by atoms with Gasteiger partial charge in [0.15, 0.2) is 0 Å². The van der Waals surface area contributed by atoms with Crippen LogP contribution in [0.1, 0.15) is 10.4 Å². The number of hydrogen-bond donors (Lipinski definition) is 2. The van der Waals surface area contributed by atoms with Crippen LogP contribution in [0.15, 0.2) is 12.1 Å². The molecule has 0 radical (unpaired) electrons. The van der Waals surface area contributed by atoms with E-state index in [1.165, 1.54) is 5.32 Å². The fourth-order valence-corrected chi connectivity index (χ4v) is 1.50. The number of halogens is 5. The smallest absolute Gasteiger partial charge is 0.383 e. The lowest BCUT2D eigenvalue weighted by Crippen LogP contribution is -2.41. The van der Waals surface area contributed by atoms with Crippen LogP contribution in [0.25, 0.3) is 0 Å². The Kier molecular flexibility index (Phi) is 5.00. The topological polar surface area (TPSA) is 75.6 Å². The van der Waals surface area contributed by atoms with Gasteiger partial charge in [0.2, 0.25) is 0 Å². The zero-order chi connectivity index (χ0) is 16.4. The number of nitrogens with one attached hydrogen (secondary N) is 1. The van der Waals surface area contributed by atoms with E-state index in [4.69, 9.17) is 21.4 Å². The molecule has 0 saturated carbocycles. The molecule has 0 atom stereocenters. The molecule has 0 unspecified atom stereocenters. The van der Waals surface area contributed by atoms with Gasteiger partial charge >= 0.3 is 24.2 Å². The molecule has 21 heavy (non-hydrogen) atoms. The zero-order valence-corrected chi connectivity index (χ0v) is 11.0. The molecule has 116 valence electrons. The largest absolute Gasteiger partial charge is 0.496 e. The van der Waals surface area contributed by atoms with Gasteiger partial charge in [-0.25, -0.2) is 13.6 Å². The van der Waals surface area contributed by atoms with Crippen LogP contribution in [0, 0.1) is 0 Å². The predicted octanol–water partition coefficient (Wildman–Crippen LogP) is 2.89. The van der Waals surface area contributed by atoms with Crippen LogP contribution in [0.5, 0.6) is 5.75 Å². The predicted molar refractivity (Wildman–Crippen MR) is 64.5 cm³/mol. The molecule has 0 bridgehead atoms. The Balaban J connectivity index is 3.16. The summed E-state index contributed by atoms with van der Waals surface area (Å²) in [6.07, 6.45) is -4.20. The minimum absolute atomic E-state index is 0.289. The number of methoxy groups -OCH3 is 1. The summed E-state index contributed by atoms with van der Waals surface area (Å²) in [5.41, 5.74) is -0.870. The number of alkyl halides is 4. The minimum atomic E-state index is -4.91. The van der Waals surface area contributed by atoms with E-state index >= 15 is 0 Å². The fourth-order valence-electron chi connectivity index (χ4n) is 1.29. The standard InChI is InChI=1S/C11H8ClF4NO4/c1-21-7-3-6(5(12)2-4(7)8(18)19)17-10(20)11(15,16)9(13)14/h2-3,9H,1H3,(H,17,20)(H,18,19). The summed E-state index contributed by atoms with van der Waals surface area (Å²) in [5, 5.41) is 9.93. The van der Waals surface area contributed by atoms with E-state index in [-0.39, 0.29) is 11.3 Å². The number of anilines is 1. The lowest BCUT2D eigenvalue weighted by atomic mass is 10.1. The molecule has 1 rings (SSSR count). The summed E-state index contributed by atoms with van der Waals surface area (Å²) in [5.74, 6) is -8.89. The number of carboxylic acids is 1. The Bertz CT molecular complexity index is 580. The lowest BCUT2D eigenvalue weighted by Gasteiger charge is -2.16. The molecule has 2 N–H and O–H groups in total. The third-order valence-electron chi connectivity index (χ3n) is 2.34.